The fourth-order valence-corrected chi connectivity index (χ4v) is 2.63. The van der Waals surface area contributed by atoms with Crippen molar-refractivity contribution in [2.24, 2.45) is 0 Å². The third-order valence-corrected chi connectivity index (χ3v) is 3.90. The van der Waals surface area contributed by atoms with Gasteiger partial charge in [0.05, 0.1) is 0 Å². The maximum absolute atomic E-state index is 6.08. The van der Waals surface area contributed by atoms with E-state index >= 15 is 0 Å². The fourth-order valence-electron chi connectivity index (χ4n) is 2.45. The van der Waals surface area contributed by atoms with Crippen molar-refractivity contribution in [1.82, 2.24) is 24.5 Å². The van der Waals surface area contributed by atoms with Crippen LogP contribution in [0.3, 0.4) is 0 Å². The molecule has 0 aromatic carbocycles. The third-order valence-electron chi connectivity index (χ3n) is 3.70. The van der Waals surface area contributed by atoms with Crippen LogP contribution >= 0.6 is 11.6 Å². The molecule has 6 nitrogen and oxygen atoms in total. The standard InChI is InChI=1S/C14H23ClN6/c1-4-19(5-2)8-7-9-20(6-3)13-10-12(15)18-14-16-11-17-21(13)14/h10-11H,4-9H2,1-3H3. The highest BCUT2D eigenvalue weighted by molar-refractivity contribution is 6.29. The summed E-state index contributed by atoms with van der Waals surface area (Å²) in [5.41, 5.74) is 0. The molecule has 21 heavy (non-hydrogen) atoms. The van der Waals surface area contributed by atoms with Crippen molar-refractivity contribution in [3.05, 3.63) is 17.5 Å². The minimum atomic E-state index is 0.452. The lowest BCUT2D eigenvalue weighted by molar-refractivity contribution is 0.300. The number of halogens is 1. The number of rotatable bonds is 8. The first-order valence-electron chi connectivity index (χ1n) is 7.53. The first kappa shape index (κ1) is 16.0. The maximum atomic E-state index is 6.08. The summed E-state index contributed by atoms with van der Waals surface area (Å²) < 4.78 is 1.74. The largest absolute Gasteiger partial charge is 0.357 e. The molecular weight excluding hydrogens is 288 g/mol. The molecule has 2 aromatic rings. The van der Waals surface area contributed by atoms with Gasteiger partial charge in [-0.1, -0.05) is 25.4 Å². The number of fused-ring (bicyclic) bond motifs is 1. The number of hydrogen-bond donors (Lipinski definition) is 0. The van der Waals surface area contributed by atoms with Crippen LogP contribution < -0.4 is 4.90 Å². The molecule has 0 saturated heterocycles. The van der Waals surface area contributed by atoms with Crippen molar-refractivity contribution < 1.29 is 0 Å². The van der Waals surface area contributed by atoms with Crippen molar-refractivity contribution in [3.63, 3.8) is 0 Å². The first-order valence-corrected chi connectivity index (χ1v) is 7.90. The van der Waals surface area contributed by atoms with Crippen LogP contribution in [0.1, 0.15) is 27.2 Å². The Hall–Kier alpha value is -1.40. The monoisotopic (exact) mass is 310 g/mol. The molecule has 0 aliphatic carbocycles. The smallest absolute Gasteiger partial charge is 0.255 e. The molecule has 0 atom stereocenters. The Labute approximate surface area is 130 Å². The van der Waals surface area contributed by atoms with Crippen LogP contribution in [0.25, 0.3) is 5.78 Å². The van der Waals surface area contributed by atoms with Gasteiger partial charge in [0.25, 0.3) is 5.78 Å². The Morgan fingerprint density at radius 2 is 1.90 bits per heavy atom. The first-order chi connectivity index (χ1) is 10.2. The van der Waals surface area contributed by atoms with Gasteiger partial charge in [0, 0.05) is 19.2 Å². The lowest BCUT2D eigenvalue weighted by Crippen LogP contribution is -2.31. The van der Waals surface area contributed by atoms with Gasteiger partial charge in [0.2, 0.25) is 0 Å². The third kappa shape index (κ3) is 3.83. The number of hydrogen-bond acceptors (Lipinski definition) is 5. The van der Waals surface area contributed by atoms with Crippen LogP contribution in [0.15, 0.2) is 12.4 Å². The minimum absolute atomic E-state index is 0.452. The molecule has 2 rings (SSSR count). The van der Waals surface area contributed by atoms with Gasteiger partial charge in [-0.2, -0.15) is 19.6 Å². The molecule has 0 aliphatic heterocycles. The van der Waals surface area contributed by atoms with Crippen LogP contribution in [-0.2, 0) is 0 Å². The van der Waals surface area contributed by atoms with E-state index in [0.29, 0.717) is 10.9 Å². The van der Waals surface area contributed by atoms with Crippen molar-refractivity contribution >= 4 is 23.2 Å². The normalized spacial score (nSPS) is 11.5. The van der Waals surface area contributed by atoms with E-state index < -0.39 is 0 Å². The van der Waals surface area contributed by atoms with Gasteiger partial charge < -0.3 is 9.80 Å². The van der Waals surface area contributed by atoms with Gasteiger partial charge >= 0.3 is 0 Å². The van der Waals surface area contributed by atoms with Gasteiger partial charge in [-0.3, -0.25) is 0 Å². The molecule has 2 heterocycles. The molecule has 0 N–H and O–H groups in total. The Morgan fingerprint density at radius 1 is 1.14 bits per heavy atom. The summed E-state index contributed by atoms with van der Waals surface area (Å²) in [6, 6.07) is 1.85. The van der Waals surface area contributed by atoms with Gasteiger partial charge in [-0.05, 0) is 33.0 Å². The second kappa shape index (κ2) is 7.56. The summed E-state index contributed by atoms with van der Waals surface area (Å²) in [6.07, 6.45) is 2.61. The molecular formula is C14H23ClN6. The second-order valence-electron chi connectivity index (χ2n) is 4.87. The van der Waals surface area contributed by atoms with Crippen LogP contribution in [-0.4, -0.2) is 57.2 Å². The summed E-state index contributed by atoms with van der Waals surface area (Å²) in [4.78, 5) is 13.0. The summed E-state index contributed by atoms with van der Waals surface area (Å²) in [5.74, 6) is 1.49. The van der Waals surface area contributed by atoms with Gasteiger partial charge in [-0.25, -0.2) is 0 Å². The molecule has 0 radical (unpaired) electrons. The van der Waals surface area contributed by atoms with E-state index in [9.17, 15) is 0 Å². The highest BCUT2D eigenvalue weighted by Gasteiger charge is 2.12. The van der Waals surface area contributed by atoms with Crippen LogP contribution in [0.4, 0.5) is 5.82 Å². The summed E-state index contributed by atoms with van der Waals surface area (Å²) in [5, 5.41) is 4.69. The van der Waals surface area contributed by atoms with E-state index in [1.807, 2.05) is 6.07 Å². The quantitative estimate of drug-likeness (QED) is 0.700. The predicted molar refractivity (Wildman–Crippen MR) is 86.1 cm³/mol. The second-order valence-corrected chi connectivity index (χ2v) is 5.26. The van der Waals surface area contributed by atoms with Gasteiger partial charge in [0.1, 0.15) is 17.3 Å². The fraction of sp³-hybridized carbons (Fsp3) is 0.643. The SMILES string of the molecule is CCN(CC)CCCN(CC)c1cc(Cl)nc2ncnn12. The van der Waals surface area contributed by atoms with Crippen molar-refractivity contribution in [1.29, 1.82) is 0 Å². The molecule has 0 unspecified atom stereocenters. The molecule has 0 saturated carbocycles. The average molecular weight is 311 g/mol. The molecule has 2 aromatic heterocycles. The topological polar surface area (TPSA) is 49.6 Å². The Balaban J connectivity index is 2.10. The van der Waals surface area contributed by atoms with E-state index in [4.69, 9.17) is 11.6 Å². The van der Waals surface area contributed by atoms with E-state index in [1.54, 1.807) is 4.52 Å². The molecule has 0 fully saturated rings. The van der Waals surface area contributed by atoms with E-state index in [2.05, 4.69) is 45.6 Å². The summed E-state index contributed by atoms with van der Waals surface area (Å²) >= 11 is 6.08. The Kier molecular flexibility index (Phi) is 5.76. The van der Waals surface area contributed by atoms with Gasteiger partial charge in [-0.15, -0.1) is 0 Å². The van der Waals surface area contributed by atoms with Crippen molar-refractivity contribution in [2.45, 2.75) is 27.2 Å². The van der Waals surface area contributed by atoms with Gasteiger partial charge in [0.15, 0.2) is 0 Å². The molecule has 0 aliphatic rings. The molecule has 0 spiro atoms. The molecule has 0 bridgehead atoms. The summed E-state index contributed by atoms with van der Waals surface area (Å²) in [7, 11) is 0. The van der Waals surface area contributed by atoms with E-state index in [0.717, 1.165) is 45.0 Å². The zero-order valence-electron chi connectivity index (χ0n) is 13.0. The van der Waals surface area contributed by atoms with Crippen LogP contribution in [0, 0.1) is 0 Å². The average Bonchev–Trinajstić information content (AvgIpc) is 2.95. The van der Waals surface area contributed by atoms with E-state index in [-0.39, 0.29) is 0 Å². The lowest BCUT2D eigenvalue weighted by atomic mass is 10.3. The van der Waals surface area contributed by atoms with Crippen molar-refractivity contribution in [3.8, 4) is 0 Å². The highest BCUT2D eigenvalue weighted by atomic mass is 35.5. The maximum Gasteiger partial charge on any atom is 0.255 e. The minimum Gasteiger partial charge on any atom is -0.357 e. The highest BCUT2D eigenvalue weighted by Crippen LogP contribution is 2.19. The Bertz CT molecular complexity index is 566. The Morgan fingerprint density at radius 3 is 2.57 bits per heavy atom. The zero-order valence-corrected chi connectivity index (χ0v) is 13.7. The molecule has 0 amide bonds. The van der Waals surface area contributed by atoms with E-state index in [1.165, 1.54) is 6.33 Å². The summed E-state index contributed by atoms with van der Waals surface area (Å²) in [6.45, 7) is 11.7. The van der Waals surface area contributed by atoms with Crippen molar-refractivity contribution in [2.75, 3.05) is 37.6 Å². The molecule has 116 valence electrons. The number of anilines is 1. The zero-order chi connectivity index (χ0) is 15.2. The predicted octanol–water partition coefficient (Wildman–Crippen LogP) is 2.34. The molecule has 7 heteroatoms. The number of aromatic nitrogens is 4. The van der Waals surface area contributed by atoms with Crippen LogP contribution in [0.2, 0.25) is 5.15 Å². The number of nitrogens with zero attached hydrogens (tertiary/aromatic N) is 6. The lowest BCUT2D eigenvalue weighted by Gasteiger charge is -2.25. The van der Waals surface area contributed by atoms with Crippen LogP contribution in [0.5, 0.6) is 0 Å².